The Morgan fingerprint density at radius 2 is 2.03 bits per heavy atom. The summed E-state index contributed by atoms with van der Waals surface area (Å²) >= 11 is 8.13. The number of aromatic nitrogens is 2. The van der Waals surface area contributed by atoms with Gasteiger partial charge in [-0.2, -0.15) is 0 Å². The zero-order valence-electron chi connectivity index (χ0n) is 16.3. The second-order valence-corrected chi connectivity index (χ2v) is 9.22. The predicted molar refractivity (Wildman–Crippen MR) is 125 cm³/mol. The van der Waals surface area contributed by atoms with Gasteiger partial charge in [-0.25, -0.2) is 0 Å². The van der Waals surface area contributed by atoms with Crippen molar-refractivity contribution in [2.24, 2.45) is 0 Å². The molecule has 4 rings (SSSR count). The zero-order valence-corrected chi connectivity index (χ0v) is 18.8. The van der Waals surface area contributed by atoms with Gasteiger partial charge in [0.15, 0.2) is 0 Å². The van der Waals surface area contributed by atoms with Crippen molar-refractivity contribution >= 4 is 57.5 Å². The van der Waals surface area contributed by atoms with Crippen LogP contribution in [0.2, 0.25) is 0 Å². The molecule has 0 saturated carbocycles. The molecule has 1 fully saturated rings. The van der Waals surface area contributed by atoms with Crippen molar-refractivity contribution in [3.05, 3.63) is 63.5 Å². The largest absolute Gasteiger partial charge is 0.421 e. The van der Waals surface area contributed by atoms with Gasteiger partial charge in [0, 0.05) is 36.4 Å². The molecule has 10 heteroatoms. The second-order valence-electron chi connectivity index (χ2n) is 6.57. The molecule has 1 saturated heterocycles. The number of thiocarbonyl (C=S) groups is 1. The topological polar surface area (TPSA) is 88.3 Å². The van der Waals surface area contributed by atoms with Gasteiger partial charge in [-0.05, 0) is 29.7 Å². The Balaban J connectivity index is 1.22. The third kappa shape index (κ3) is 5.46. The van der Waals surface area contributed by atoms with Crippen LogP contribution in [0.1, 0.15) is 17.2 Å². The maximum absolute atomic E-state index is 12.6. The summed E-state index contributed by atoms with van der Waals surface area (Å²) < 4.78 is 6.10. The molecule has 1 N–H and O–H groups in total. The summed E-state index contributed by atoms with van der Waals surface area (Å²) in [6.45, 7) is 0.614. The van der Waals surface area contributed by atoms with Gasteiger partial charge in [0.1, 0.15) is 4.32 Å². The smallest absolute Gasteiger partial charge is 0.266 e. The lowest BCUT2D eigenvalue weighted by molar-refractivity contribution is -0.123. The number of hydrogen-bond donors (Lipinski definition) is 1. The molecule has 7 nitrogen and oxygen atoms in total. The van der Waals surface area contributed by atoms with E-state index in [2.05, 4.69) is 15.5 Å². The molecule has 158 valence electrons. The molecule has 0 atom stereocenters. The summed E-state index contributed by atoms with van der Waals surface area (Å²) in [5.41, 5.74) is 0.849. The predicted octanol–water partition coefficient (Wildman–Crippen LogP) is 3.75. The molecule has 1 aliphatic heterocycles. The Morgan fingerprint density at radius 3 is 2.81 bits per heavy atom. The van der Waals surface area contributed by atoms with E-state index in [1.807, 2.05) is 53.9 Å². The van der Waals surface area contributed by atoms with Crippen LogP contribution in [0.3, 0.4) is 0 Å². The fourth-order valence-corrected chi connectivity index (χ4v) is 4.89. The fourth-order valence-electron chi connectivity index (χ4n) is 2.86. The molecular weight excluding hydrogens is 452 g/mol. The van der Waals surface area contributed by atoms with Gasteiger partial charge in [0.2, 0.25) is 17.7 Å². The summed E-state index contributed by atoms with van der Waals surface area (Å²) in [7, 11) is 0. The van der Waals surface area contributed by atoms with Gasteiger partial charge in [-0.3, -0.25) is 14.5 Å². The Labute approximate surface area is 192 Å². The molecule has 31 heavy (non-hydrogen) atoms. The van der Waals surface area contributed by atoms with E-state index >= 15 is 0 Å². The number of amides is 2. The molecule has 3 heterocycles. The number of hydrogen-bond acceptors (Lipinski definition) is 8. The molecule has 0 radical (unpaired) electrons. The lowest BCUT2D eigenvalue weighted by Gasteiger charge is -2.13. The average Bonchev–Trinajstić information content (AvgIpc) is 3.51. The van der Waals surface area contributed by atoms with Crippen molar-refractivity contribution in [2.45, 2.75) is 12.8 Å². The first-order chi connectivity index (χ1) is 15.1. The van der Waals surface area contributed by atoms with Crippen molar-refractivity contribution in [1.82, 2.24) is 20.4 Å². The van der Waals surface area contributed by atoms with Gasteiger partial charge in [-0.1, -0.05) is 48.2 Å². The number of rotatable bonds is 8. The number of nitrogens with zero attached hydrogens (tertiary/aromatic N) is 3. The number of carbonyl (C=O) groups excluding carboxylic acids is 2. The highest BCUT2D eigenvalue weighted by Gasteiger charge is 2.32. The van der Waals surface area contributed by atoms with Crippen LogP contribution in [0.15, 0.2) is 57.2 Å². The highest BCUT2D eigenvalue weighted by atomic mass is 32.2. The number of thiophene rings is 1. The molecule has 0 spiro atoms. The lowest BCUT2D eigenvalue weighted by Crippen LogP contribution is -2.34. The van der Waals surface area contributed by atoms with E-state index < -0.39 is 0 Å². The van der Waals surface area contributed by atoms with E-state index in [9.17, 15) is 9.59 Å². The van der Waals surface area contributed by atoms with Gasteiger partial charge >= 0.3 is 0 Å². The first-order valence-electron chi connectivity index (χ1n) is 9.53. The summed E-state index contributed by atoms with van der Waals surface area (Å²) in [5, 5.41) is 12.8. The summed E-state index contributed by atoms with van der Waals surface area (Å²) in [5.74, 6) is 0.580. The molecule has 1 aliphatic rings. The van der Waals surface area contributed by atoms with E-state index in [-0.39, 0.29) is 24.8 Å². The Bertz CT molecular complexity index is 1110. The highest BCUT2D eigenvalue weighted by Crippen LogP contribution is 2.33. The van der Waals surface area contributed by atoms with Crippen LogP contribution in [0.4, 0.5) is 0 Å². The van der Waals surface area contributed by atoms with Crippen LogP contribution in [0, 0.1) is 0 Å². The van der Waals surface area contributed by atoms with Gasteiger partial charge in [-0.15, -0.1) is 21.5 Å². The molecule has 0 aliphatic carbocycles. The first kappa shape index (κ1) is 21.4. The Hall–Kier alpha value is -2.82. The molecule has 1 aromatic carbocycles. The van der Waals surface area contributed by atoms with Crippen LogP contribution in [-0.2, 0) is 16.0 Å². The van der Waals surface area contributed by atoms with E-state index in [1.54, 1.807) is 11.3 Å². The van der Waals surface area contributed by atoms with Crippen LogP contribution in [0.25, 0.3) is 17.5 Å². The first-order valence-corrected chi connectivity index (χ1v) is 11.6. The average molecular weight is 471 g/mol. The summed E-state index contributed by atoms with van der Waals surface area (Å²) in [6, 6.07) is 13.4. The van der Waals surface area contributed by atoms with E-state index in [4.69, 9.17) is 16.6 Å². The lowest BCUT2D eigenvalue weighted by atomic mass is 10.2. The van der Waals surface area contributed by atoms with Gasteiger partial charge < -0.3 is 9.73 Å². The molecule has 2 aromatic heterocycles. The van der Waals surface area contributed by atoms with Crippen LogP contribution < -0.4 is 5.32 Å². The van der Waals surface area contributed by atoms with Crippen molar-refractivity contribution in [2.75, 3.05) is 13.1 Å². The van der Waals surface area contributed by atoms with Gasteiger partial charge in [0.25, 0.3) is 5.91 Å². The standard InChI is InChI=1S/C21H18N4O3S3/c26-17(22-10-8-18-23-24-19(28-18)14-5-2-1-3-6-14)9-11-25-20(27)16(31-21(25)29)13-15-7-4-12-30-15/h1-7,12-13H,8-11H2,(H,22,26)/b16-13-. The minimum absolute atomic E-state index is 0.157. The van der Waals surface area contributed by atoms with Crippen molar-refractivity contribution in [1.29, 1.82) is 0 Å². The third-order valence-corrected chi connectivity index (χ3v) is 6.60. The number of benzene rings is 1. The van der Waals surface area contributed by atoms with Crippen molar-refractivity contribution < 1.29 is 14.0 Å². The Morgan fingerprint density at radius 1 is 1.19 bits per heavy atom. The highest BCUT2D eigenvalue weighted by molar-refractivity contribution is 8.26. The van der Waals surface area contributed by atoms with Crippen LogP contribution in [0.5, 0.6) is 0 Å². The zero-order chi connectivity index (χ0) is 21.6. The number of carbonyl (C=O) groups is 2. The minimum atomic E-state index is -0.168. The van der Waals surface area contributed by atoms with Crippen LogP contribution >= 0.6 is 35.3 Å². The monoisotopic (exact) mass is 470 g/mol. The molecule has 0 unspecified atom stereocenters. The fraction of sp³-hybridized carbons (Fsp3) is 0.190. The SMILES string of the molecule is O=C(CCN1C(=O)/C(=C/c2cccs2)SC1=S)NCCc1nnc(-c2ccccc2)o1. The van der Waals surface area contributed by atoms with Crippen LogP contribution in [-0.4, -0.2) is 44.3 Å². The van der Waals surface area contributed by atoms with Crippen molar-refractivity contribution in [3.8, 4) is 11.5 Å². The maximum atomic E-state index is 12.6. The number of nitrogens with one attached hydrogen (secondary N) is 1. The molecule has 2 amide bonds. The van der Waals surface area contributed by atoms with E-state index in [1.165, 1.54) is 16.7 Å². The second kappa shape index (κ2) is 9.99. The van der Waals surface area contributed by atoms with E-state index in [0.717, 1.165) is 10.4 Å². The number of thioether (sulfide) groups is 1. The van der Waals surface area contributed by atoms with Crippen molar-refractivity contribution in [3.63, 3.8) is 0 Å². The van der Waals surface area contributed by atoms with Gasteiger partial charge in [0.05, 0.1) is 4.91 Å². The molecule has 3 aromatic rings. The Kier molecular flexibility index (Phi) is 6.90. The summed E-state index contributed by atoms with van der Waals surface area (Å²) in [4.78, 5) is 27.8. The normalized spacial score (nSPS) is 15.1. The quantitative estimate of drug-likeness (QED) is 0.396. The summed E-state index contributed by atoms with van der Waals surface area (Å²) in [6.07, 6.45) is 2.42. The maximum Gasteiger partial charge on any atom is 0.266 e. The minimum Gasteiger partial charge on any atom is -0.421 e. The molecule has 0 bridgehead atoms. The third-order valence-electron chi connectivity index (χ3n) is 4.40. The molecular formula is C21H18N4O3S3. The van der Waals surface area contributed by atoms with E-state index in [0.29, 0.717) is 34.0 Å².